The molecule has 0 bridgehead atoms. The number of nitrogens with two attached hydrogens (primary N) is 1. The van der Waals surface area contributed by atoms with Crippen molar-refractivity contribution in [2.24, 2.45) is 10.9 Å². The molecule has 4 rings (SSSR count). The summed E-state index contributed by atoms with van der Waals surface area (Å²) in [5.74, 6) is 1.82. The van der Waals surface area contributed by atoms with Crippen molar-refractivity contribution in [3.05, 3.63) is 83.0 Å². The highest BCUT2D eigenvalue weighted by molar-refractivity contribution is 6.33. The van der Waals surface area contributed by atoms with E-state index in [9.17, 15) is 4.39 Å². The highest BCUT2D eigenvalue weighted by atomic mass is 35.5. The molecule has 4 N–H and O–H groups in total. The average molecular weight is 467 g/mol. The molecular weight excluding hydrogens is 439 g/mol. The molecule has 1 unspecified atom stereocenters. The molecule has 3 aromatic rings. The van der Waals surface area contributed by atoms with Crippen molar-refractivity contribution in [2.75, 3.05) is 18.8 Å². The van der Waals surface area contributed by atoms with Crippen molar-refractivity contribution in [3.63, 3.8) is 0 Å². The first kappa shape index (κ1) is 23.0. The molecule has 0 amide bonds. The third-order valence-electron chi connectivity index (χ3n) is 5.77. The van der Waals surface area contributed by atoms with Crippen LogP contribution in [0.4, 0.5) is 10.2 Å². The summed E-state index contributed by atoms with van der Waals surface area (Å²) in [4.78, 5) is 9.13. The van der Waals surface area contributed by atoms with E-state index in [0.29, 0.717) is 33.8 Å². The number of rotatable bonds is 8. The highest BCUT2D eigenvalue weighted by Crippen LogP contribution is 2.31. The molecule has 0 saturated carbocycles. The van der Waals surface area contributed by atoms with Crippen LogP contribution in [0.3, 0.4) is 0 Å². The van der Waals surface area contributed by atoms with Gasteiger partial charge < -0.3 is 20.9 Å². The van der Waals surface area contributed by atoms with Crippen LogP contribution in [0.5, 0.6) is 0 Å². The Balaban J connectivity index is 1.56. The summed E-state index contributed by atoms with van der Waals surface area (Å²) in [6, 6.07) is 14.2. The Kier molecular flexibility index (Phi) is 7.42. The maximum Gasteiger partial charge on any atom is 0.143 e. The Hall–Kier alpha value is -3.16. The lowest BCUT2D eigenvalue weighted by atomic mass is 9.99. The van der Waals surface area contributed by atoms with E-state index in [1.165, 1.54) is 6.07 Å². The zero-order chi connectivity index (χ0) is 23.2. The SMILES string of the molecule is C=C(N=Cc1nc(-c2ccccc2Cl)n(CC2CCCNC2)c1N)NCc1ccccc1F. The maximum absolute atomic E-state index is 13.8. The van der Waals surface area contributed by atoms with Gasteiger partial charge in [-0.05, 0) is 50.0 Å². The van der Waals surface area contributed by atoms with Gasteiger partial charge in [0.1, 0.15) is 29.0 Å². The quantitative estimate of drug-likeness (QED) is 0.424. The van der Waals surface area contributed by atoms with Crippen molar-refractivity contribution < 1.29 is 4.39 Å². The van der Waals surface area contributed by atoms with Crippen molar-refractivity contribution in [1.29, 1.82) is 0 Å². The van der Waals surface area contributed by atoms with Gasteiger partial charge >= 0.3 is 0 Å². The molecule has 1 aliphatic heterocycles. The minimum Gasteiger partial charge on any atom is -0.383 e. The summed E-state index contributed by atoms with van der Waals surface area (Å²) >= 11 is 6.48. The number of benzene rings is 2. The normalized spacial score (nSPS) is 16.2. The van der Waals surface area contributed by atoms with Crippen LogP contribution in [0.15, 0.2) is 65.9 Å². The van der Waals surface area contributed by atoms with E-state index in [1.807, 2.05) is 28.8 Å². The van der Waals surface area contributed by atoms with Crippen LogP contribution in [0.25, 0.3) is 11.4 Å². The van der Waals surface area contributed by atoms with Gasteiger partial charge in [-0.15, -0.1) is 0 Å². The summed E-state index contributed by atoms with van der Waals surface area (Å²) in [6.45, 7) is 6.92. The van der Waals surface area contributed by atoms with Crippen LogP contribution >= 0.6 is 11.6 Å². The maximum atomic E-state index is 13.8. The number of aliphatic imine (C=N–C) groups is 1. The van der Waals surface area contributed by atoms with Gasteiger partial charge in [0.2, 0.25) is 0 Å². The topological polar surface area (TPSA) is 80.3 Å². The molecule has 0 aliphatic carbocycles. The number of aromatic nitrogens is 2. The molecule has 2 heterocycles. The molecule has 1 aromatic heterocycles. The van der Waals surface area contributed by atoms with Gasteiger partial charge in [-0.3, -0.25) is 0 Å². The molecule has 172 valence electrons. The van der Waals surface area contributed by atoms with E-state index in [4.69, 9.17) is 22.3 Å². The van der Waals surface area contributed by atoms with Crippen molar-refractivity contribution in [1.82, 2.24) is 20.2 Å². The third-order valence-corrected chi connectivity index (χ3v) is 6.10. The molecule has 0 radical (unpaired) electrons. The van der Waals surface area contributed by atoms with Gasteiger partial charge in [-0.2, -0.15) is 0 Å². The molecule has 1 saturated heterocycles. The summed E-state index contributed by atoms with van der Waals surface area (Å²) in [7, 11) is 0. The molecule has 1 aliphatic rings. The third kappa shape index (κ3) is 5.61. The monoisotopic (exact) mass is 466 g/mol. The number of nitrogens with zero attached hydrogens (tertiary/aromatic N) is 3. The second-order valence-electron chi connectivity index (χ2n) is 8.16. The van der Waals surface area contributed by atoms with Crippen LogP contribution < -0.4 is 16.4 Å². The van der Waals surface area contributed by atoms with Gasteiger partial charge in [0, 0.05) is 24.2 Å². The number of halogens is 2. The van der Waals surface area contributed by atoms with E-state index < -0.39 is 0 Å². The summed E-state index contributed by atoms with van der Waals surface area (Å²) in [5.41, 5.74) is 8.44. The lowest BCUT2D eigenvalue weighted by Gasteiger charge is -2.24. The second-order valence-corrected chi connectivity index (χ2v) is 8.57. The van der Waals surface area contributed by atoms with Crippen molar-refractivity contribution >= 4 is 23.6 Å². The largest absolute Gasteiger partial charge is 0.383 e. The Morgan fingerprint density at radius 3 is 2.85 bits per heavy atom. The van der Waals surface area contributed by atoms with E-state index in [1.54, 1.807) is 24.4 Å². The van der Waals surface area contributed by atoms with Crippen LogP contribution in [-0.2, 0) is 13.1 Å². The smallest absolute Gasteiger partial charge is 0.143 e. The fraction of sp³-hybridized carbons (Fsp3) is 0.280. The second kappa shape index (κ2) is 10.6. The predicted octanol–water partition coefficient (Wildman–Crippen LogP) is 4.60. The number of hydrogen-bond acceptors (Lipinski definition) is 5. The lowest BCUT2D eigenvalue weighted by Crippen LogP contribution is -2.32. The van der Waals surface area contributed by atoms with E-state index in [-0.39, 0.29) is 12.4 Å². The molecule has 1 atom stereocenters. The number of imidazole rings is 1. The summed E-state index contributed by atoms with van der Waals surface area (Å²) in [5, 5.41) is 7.09. The van der Waals surface area contributed by atoms with Crippen LogP contribution in [-0.4, -0.2) is 28.9 Å². The van der Waals surface area contributed by atoms with Gasteiger partial charge in [0.15, 0.2) is 0 Å². The Bertz CT molecular complexity index is 1150. The first-order valence-electron chi connectivity index (χ1n) is 11.0. The molecule has 6 nitrogen and oxygen atoms in total. The zero-order valence-corrected chi connectivity index (χ0v) is 19.2. The van der Waals surface area contributed by atoms with E-state index in [0.717, 1.165) is 43.9 Å². The Labute approximate surface area is 198 Å². The van der Waals surface area contributed by atoms with Gasteiger partial charge in [0.05, 0.1) is 11.2 Å². The van der Waals surface area contributed by atoms with Gasteiger partial charge in [-0.1, -0.05) is 48.5 Å². The molecular formula is C25H28ClFN6. The standard InChI is InChI=1S/C25H28ClFN6/c1-17(30-14-19-8-2-5-11-22(19)27)31-15-23-24(28)33(16-18-7-6-12-29-13-18)25(32-23)20-9-3-4-10-21(20)26/h2-5,8-11,15,18,29-30H,1,6-7,12-14,16,28H2. The Morgan fingerprint density at radius 1 is 1.30 bits per heavy atom. The molecule has 1 fully saturated rings. The number of anilines is 1. The number of piperidine rings is 1. The van der Waals surface area contributed by atoms with Crippen LogP contribution in [0.2, 0.25) is 5.02 Å². The zero-order valence-electron chi connectivity index (χ0n) is 18.4. The number of nitrogens with one attached hydrogen (secondary N) is 2. The first-order valence-corrected chi connectivity index (χ1v) is 11.4. The fourth-order valence-corrected chi connectivity index (χ4v) is 4.19. The molecule has 2 aromatic carbocycles. The van der Waals surface area contributed by atoms with Crippen molar-refractivity contribution in [3.8, 4) is 11.4 Å². The Morgan fingerprint density at radius 2 is 2.09 bits per heavy atom. The predicted molar refractivity (Wildman–Crippen MR) is 133 cm³/mol. The van der Waals surface area contributed by atoms with Crippen molar-refractivity contribution in [2.45, 2.75) is 25.9 Å². The lowest BCUT2D eigenvalue weighted by molar-refractivity contribution is 0.340. The van der Waals surface area contributed by atoms with Crippen LogP contribution in [0, 0.1) is 11.7 Å². The number of hydrogen-bond donors (Lipinski definition) is 3. The minimum absolute atomic E-state index is 0.272. The summed E-state index contributed by atoms with van der Waals surface area (Å²) in [6.07, 6.45) is 3.86. The molecule has 8 heteroatoms. The first-order chi connectivity index (χ1) is 16.0. The fourth-order valence-electron chi connectivity index (χ4n) is 3.97. The van der Waals surface area contributed by atoms with Crippen LogP contribution in [0.1, 0.15) is 24.1 Å². The minimum atomic E-state index is -0.272. The van der Waals surface area contributed by atoms with E-state index in [2.05, 4.69) is 22.2 Å². The number of nitrogen functional groups attached to an aromatic ring is 1. The van der Waals surface area contributed by atoms with E-state index >= 15 is 0 Å². The molecule has 0 spiro atoms. The van der Waals surface area contributed by atoms with Gasteiger partial charge in [0.25, 0.3) is 0 Å². The van der Waals surface area contributed by atoms with Gasteiger partial charge in [-0.25, -0.2) is 14.4 Å². The molecule has 33 heavy (non-hydrogen) atoms. The highest BCUT2D eigenvalue weighted by Gasteiger charge is 2.21. The summed E-state index contributed by atoms with van der Waals surface area (Å²) < 4.78 is 15.8. The average Bonchev–Trinajstić information content (AvgIpc) is 3.13.